The van der Waals surface area contributed by atoms with E-state index >= 15 is 0 Å². The molecule has 0 bridgehead atoms. The normalized spacial score (nSPS) is 14.2. The minimum Gasteiger partial charge on any atom is -0.453 e. The maximum atomic E-state index is 8.19. The molecule has 0 radical (unpaired) electrons. The third kappa shape index (κ3) is 9.01. The topological polar surface area (TPSA) is 9.23 Å². The van der Waals surface area contributed by atoms with Crippen molar-refractivity contribution in [2.24, 2.45) is 0 Å². The molecule has 0 spiro atoms. The SMILES string of the molecule is CC(C)[Si](O[Si](C(C)C)(C(C)C)C(C)(C)CCCCCCCl)(C(C)C)C(C)(C)CCCCCCCl. The second kappa shape index (κ2) is 16.2. The van der Waals surface area contributed by atoms with Crippen LogP contribution in [0.15, 0.2) is 0 Å². The summed E-state index contributed by atoms with van der Waals surface area (Å²) in [5.74, 6) is 1.59. The number of halogens is 2. The minimum atomic E-state index is -2.16. The van der Waals surface area contributed by atoms with Gasteiger partial charge in [0, 0.05) is 11.8 Å². The second-order valence-corrected chi connectivity index (χ2v) is 25.9. The van der Waals surface area contributed by atoms with Crippen LogP contribution >= 0.6 is 23.2 Å². The third-order valence-electron chi connectivity index (χ3n) is 9.25. The van der Waals surface area contributed by atoms with Gasteiger partial charge in [0.15, 0.2) is 16.6 Å². The van der Waals surface area contributed by atoms with Crippen LogP contribution in [0.25, 0.3) is 0 Å². The largest absolute Gasteiger partial charge is 0.453 e. The molecule has 0 fully saturated rings. The lowest BCUT2D eigenvalue weighted by molar-refractivity contribution is 0.343. The Morgan fingerprint density at radius 3 is 0.971 bits per heavy atom. The zero-order valence-electron chi connectivity index (χ0n) is 26.0. The summed E-state index contributed by atoms with van der Waals surface area (Å²) in [6.45, 7) is 30.2. The van der Waals surface area contributed by atoms with E-state index in [1.165, 1.54) is 51.4 Å². The fourth-order valence-electron chi connectivity index (χ4n) is 7.91. The molecule has 0 unspecified atom stereocenters. The molecular formula is C30H64Cl2OSi2. The molecule has 0 aliphatic rings. The Hall–Kier alpha value is 0.974. The van der Waals surface area contributed by atoms with Crippen molar-refractivity contribution in [1.29, 1.82) is 0 Å². The highest BCUT2D eigenvalue weighted by Crippen LogP contribution is 2.62. The monoisotopic (exact) mass is 566 g/mol. The van der Waals surface area contributed by atoms with Gasteiger partial charge in [-0.1, -0.05) is 122 Å². The summed E-state index contributed by atoms with van der Waals surface area (Å²) in [4.78, 5) is 0. The van der Waals surface area contributed by atoms with Crippen LogP contribution in [0.2, 0.25) is 32.2 Å². The van der Waals surface area contributed by atoms with Crippen molar-refractivity contribution in [1.82, 2.24) is 0 Å². The van der Waals surface area contributed by atoms with Crippen molar-refractivity contribution in [3.05, 3.63) is 0 Å². The van der Waals surface area contributed by atoms with Gasteiger partial charge in [0.2, 0.25) is 0 Å². The lowest BCUT2D eigenvalue weighted by Gasteiger charge is -2.61. The molecule has 0 rings (SSSR count). The van der Waals surface area contributed by atoms with E-state index in [0.29, 0.717) is 22.2 Å². The van der Waals surface area contributed by atoms with Gasteiger partial charge >= 0.3 is 0 Å². The summed E-state index contributed by atoms with van der Waals surface area (Å²) in [7, 11) is -4.32. The average Bonchev–Trinajstić information content (AvgIpc) is 2.72. The number of alkyl halides is 2. The Balaban J connectivity index is 6.36. The van der Waals surface area contributed by atoms with Crippen molar-refractivity contribution in [2.45, 2.75) is 180 Å². The molecule has 212 valence electrons. The van der Waals surface area contributed by atoms with Crippen LogP contribution in [-0.2, 0) is 4.12 Å². The van der Waals surface area contributed by atoms with Gasteiger partial charge in [0.25, 0.3) is 0 Å². The smallest absolute Gasteiger partial charge is 0.190 e. The van der Waals surface area contributed by atoms with E-state index in [9.17, 15) is 0 Å². The maximum absolute atomic E-state index is 8.19. The van der Waals surface area contributed by atoms with Gasteiger partial charge in [0.1, 0.15) is 0 Å². The highest BCUT2D eigenvalue weighted by atomic mass is 35.5. The predicted octanol–water partition coefficient (Wildman–Crippen LogP) is 12.5. The summed E-state index contributed by atoms with van der Waals surface area (Å²) < 4.78 is 8.19. The Labute approximate surface area is 234 Å². The minimum absolute atomic E-state index is 0.245. The molecule has 0 aromatic carbocycles. The first-order chi connectivity index (χ1) is 16.1. The molecule has 0 saturated heterocycles. The van der Waals surface area contributed by atoms with E-state index in [-0.39, 0.29) is 10.1 Å². The first kappa shape index (κ1) is 36.0. The van der Waals surface area contributed by atoms with Crippen LogP contribution in [0.1, 0.15) is 147 Å². The van der Waals surface area contributed by atoms with Gasteiger partial charge in [-0.05, 0) is 57.9 Å². The molecule has 0 aromatic heterocycles. The van der Waals surface area contributed by atoms with E-state index in [1.54, 1.807) is 0 Å². The van der Waals surface area contributed by atoms with Crippen LogP contribution < -0.4 is 0 Å². The molecule has 0 aliphatic heterocycles. The van der Waals surface area contributed by atoms with Crippen LogP contribution in [-0.4, -0.2) is 28.4 Å². The van der Waals surface area contributed by atoms with Crippen LogP contribution in [0, 0.1) is 0 Å². The van der Waals surface area contributed by atoms with E-state index in [0.717, 1.165) is 24.6 Å². The number of rotatable bonds is 20. The zero-order valence-corrected chi connectivity index (χ0v) is 29.5. The highest BCUT2D eigenvalue weighted by molar-refractivity contribution is 6.92. The molecule has 35 heavy (non-hydrogen) atoms. The summed E-state index contributed by atoms with van der Waals surface area (Å²) in [6.07, 6.45) is 12.5. The standard InChI is InChI=1S/C30H64Cl2OSi2/c1-25(2)34(26(3)4,29(9,10)21-17-13-15-19-23-31)33-35(27(5)6,28(7)8)30(11,12)22-18-14-16-20-24-32/h25-28H,13-24H2,1-12H3. The summed E-state index contributed by atoms with van der Waals surface area (Å²) in [5, 5.41) is 0.490. The molecule has 0 atom stereocenters. The lowest BCUT2D eigenvalue weighted by Crippen LogP contribution is -2.65. The lowest BCUT2D eigenvalue weighted by atomic mass is 10.0. The molecule has 1 nitrogen and oxygen atoms in total. The Morgan fingerprint density at radius 1 is 0.486 bits per heavy atom. The van der Waals surface area contributed by atoms with Crippen LogP contribution in [0.5, 0.6) is 0 Å². The van der Waals surface area contributed by atoms with Gasteiger partial charge in [-0.25, -0.2) is 0 Å². The van der Waals surface area contributed by atoms with Gasteiger partial charge < -0.3 is 4.12 Å². The summed E-state index contributed by atoms with van der Waals surface area (Å²) >= 11 is 11.9. The van der Waals surface area contributed by atoms with E-state index < -0.39 is 16.6 Å². The van der Waals surface area contributed by atoms with Crippen LogP contribution in [0.4, 0.5) is 0 Å². The van der Waals surface area contributed by atoms with Crippen molar-refractivity contribution >= 4 is 39.8 Å². The first-order valence-electron chi connectivity index (χ1n) is 14.9. The third-order valence-corrected chi connectivity index (χ3v) is 24.1. The Morgan fingerprint density at radius 2 is 0.743 bits per heavy atom. The molecular weight excluding hydrogens is 503 g/mol. The highest BCUT2D eigenvalue weighted by Gasteiger charge is 2.62. The molecule has 0 amide bonds. The van der Waals surface area contributed by atoms with Crippen molar-refractivity contribution in [3.63, 3.8) is 0 Å². The maximum Gasteiger partial charge on any atom is 0.190 e. The first-order valence-corrected chi connectivity index (χ1v) is 20.1. The van der Waals surface area contributed by atoms with E-state index in [1.807, 2.05) is 0 Å². The second-order valence-electron chi connectivity index (χ2n) is 13.8. The molecule has 0 aliphatic carbocycles. The molecule has 0 heterocycles. The Kier molecular flexibility index (Phi) is 16.6. The predicted molar refractivity (Wildman–Crippen MR) is 169 cm³/mol. The van der Waals surface area contributed by atoms with Gasteiger partial charge in [0.05, 0.1) is 0 Å². The molecule has 0 aromatic rings. The zero-order chi connectivity index (χ0) is 27.5. The quantitative estimate of drug-likeness (QED) is 0.0807. The molecule has 0 N–H and O–H groups in total. The number of unbranched alkanes of at least 4 members (excludes halogenated alkanes) is 6. The van der Waals surface area contributed by atoms with E-state index in [4.69, 9.17) is 27.3 Å². The van der Waals surface area contributed by atoms with Gasteiger partial charge in [-0.15, -0.1) is 23.2 Å². The molecule has 0 saturated carbocycles. The Bertz CT molecular complexity index is 495. The van der Waals surface area contributed by atoms with E-state index in [2.05, 4.69) is 83.1 Å². The summed E-state index contributed by atoms with van der Waals surface area (Å²) in [5.41, 5.74) is 2.40. The molecule has 5 heteroatoms. The van der Waals surface area contributed by atoms with Gasteiger partial charge in [-0.2, -0.15) is 0 Å². The van der Waals surface area contributed by atoms with Crippen molar-refractivity contribution < 1.29 is 4.12 Å². The van der Waals surface area contributed by atoms with Crippen LogP contribution in [0.3, 0.4) is 0 Å². The number of hydrogen-bond donors (Lipinski definition) is 0. The summed E-state index contributed by atoms with van der Waals surface area (Å²) in [6, 6.07) is 0. The van der Waals surface area contributed by atoms with Crippen molar-refractivity contribution in [3.8, 4) is 0 Å². The van der Waals surface area contributed by atoms with Crippen molar-refractivity contribution in [2.75, 3.05) is 11.8 Å². The fourth-order valence-corrected chi connectivity index (χ4v) is 26.6. The fraction of sp³-hybridized carbons (Fsp3) is 1.00. The average molecular weight is 568 g/mol. The number of hydrogen-bond acceptors (Lipinski definition) is 1. The van der Waals surface area contributed by atoms with Gasteiger partial charge in [-0.3, -0.25) is 0 Å².